The van der Waals surface area contributed by atoms with E-state index in [1.807, 2.05) is 6.07 Å². The standard InChI is InChI=1S/C22H23F3N2O/c23-18-6-2-1-5-16(18)17-13-27(12-15-8-9-19(24)20(25)11-15)14-22(17)10-4-3-7-21(28)26-22/h1-2,5-6,8-9,11,17H,3-4,7,10,12-14H2,(H,26,28)/t17-,22+/m0/s1. The third-order valence-corrected chi connectivity index (χ3v) is 5.95. The predicted octanol–water partition coefficient (Wildman–Crippen LogP) is 4.13. The van der Waals surface area contributed by atoms with Crippen LogP contribution in [-0.2, 0) is 11.3 Å². The molecule has 1 N–H and O–H groups in total. The van der Waals surface area contributed by atoms with E-state index in [2.05, 4.69) is 10.2 Å². The zero-order chi connectivity index (χ0) is 19.7. The molecule has 0 saturated carbocycles. The molecule has 2 fully saturated rings. The lowest BCUT2D eigenvalue weighted by molar-refractivity contribution is -0.122. The van der Waals surface area contributed by atoms with Crippen molar-refractivity contribution in [3.8, 4) is 0 Å². The Balaban J connectivity index is 1.65. The highest BCUT2D eigenvalue weighted by atomic mass is 19.2. The van der Waals surface area contributed by atoms with Crippen LogP contribution in [0.15, 0.2) is 42.5 Å². The van der Waals surface area contributed by atoms with Gasteiger partial charge < -0.3 is 5.32 Å². The molecule has 0 radical (unpaired) electrons. The summed E-state index contributed by atoms with van der Waals surface area (Å²) in [6.45, 7) is 1.51. The molecule has 1 amide bonds. The minimum atomic E-state index is -0.875. The van der Waals surface area contributed by atoms with Crippen molar-refractivity contribution in [3.05, 3.63) is 71.0 Å². The van der Waals surface area contributed by atoms with Crippen molar-refractivity contribution in [1.29, 1.82) is 0 Å². The number of nitrogens with zero attached hydrogens (tertiary/aromatic N) is 1. The van der Waals surface area contributed by atoms with Crippen LogP contribution in [0.1, 0.15) is 42.7 Å². The van der Waals surface area contributed by atoms with E-state index in [1.54, 1.807) is 18.2 Å². The van der Waals surface area contributed by atoms with Crippen molar-refractivity contribution in [2.24, 2.45) is 0 Å². The van der Waals surface area contributed by atoms with Crippen LogP contribution in [0.3, 0.4) is 0 Å². The van der Waals surface area contributed by atoms with Crippen molar-refractivity contribution < 1.29 is 18.0 Å². The molecule has 0 unspecified atom stereocenters. The molecule has 2 aromatic carbocycles. The van der Waals surface area contributed by atoms with Gasteiger partial charge in [-0.25, -0.2) is 13.2 Å². The van der Waals surface area contributed by atoms with Crippen LogP contribution in [0, 0.1) is 17.5 Å². The molecule has 2 atom stereocenters. The first-order valence-corrected chi connectivity index (χ1v) is 9.68. The van der Waals surface area contributed by atoms with E-state index in [0.717, 1.165) is 25.3 Å². The lowest BCUT2D eigenvalue weighted by atomic mass is 9.78. The highest BCUT2D eigenvalue weighted by Gasteiger charge is 2.49. The summed E-state index contributed by atoms with van der Waals surface area (Å²) in [5.74, 6) is -2.23. The number of nitrogens with one attached hydrogen (secondary N) is 1. The average Bonchev–Trinajstić information content (AvgIpc) is 2.87. The average molecular weight is 388 g/mol. The summed E-state index contributed by atoms with van der Waals surface area (Å²) in [4.78, 5) is 14.4. The van der Waals surface area contributed by atoms with Gasteiger partial charge in [0, 0.05) is 32.0 Å². The van der Waals surface area contributed by atoms with Gasteiger partial charge in [0.2, 0.25) is 5.91 Å². The number of benzene rings is 2. The monoisotopic (exact) mass is 388 g/mol. The normalized spacial score (nSPS) is 25.7. The Kier molecular flexibility index (Phi) is 5.15. The number of likely N-dealkylation sites (tertiary alicyclic amines) is 1. The topological polar surface area (TPSA) is 32.3 Å². The van der Waals surface area contributed by atoms with Gasteiger partial charge in [0.15, 0.2) is 11.6 Å². The summed E-state index contributed by atoms with van der Waals surface area (Å²) >= 11 is 0. The summed E-state index contributed by atoms with van der Waals surface area (Å²) in [5, 5.41) is 3.18. The van der Waals surface area contributed by atoms with Gasteiger partial charge >= 0.3 is 0 Å². The van der Waals surface area contributed by atoms with E-state index in [9.17, 15) is 18.0 Å². The van der Waals surface area contributed by atoms with Gasteiger partial charge in [0.1, 0.15) is 5.82 Å². The highest BCUT2D eigenvalue weighted by molar-refractivity contribution is 5.77. The zero-order valence-corrected chi connectivity index (χ0v) is 15.6. The molecule has 2 heterocycles. The van der Waals surface area contributed by atoms with Gasteiger partial charge in [0.05, 0.1) is 5.54 Å². The van der Waals surface area contributed by atoms with Gasteiger partial charge in [-0.05, 0) is 42.2 Å². The summed E-state index contributed by atoms with van der Waals surface area (Å²) in [6, 6.07) is 10.6. The Morgan fingerprint density at radius 3 is 2.64 bits per heavy atom. The van der Waals surface area contributed by atoms with Crippen LogP contribution >= 0.6 is 0 Å². The maximum absolute atomic E-state index is 14.6. The molecule has 2 saturated heterocycles. The van der Waals surface area contributed by atoms with Crippen molar-refractivity contribution in [3.63, 3.8) is 0 Å². The van der Waals surface area contributed by atoms with Crippen molar-refractivity contribution >= 4 is 5.91 Å². The molecule has 0 aliphatic carbocycles. The van der Waals surface area contributed by atoms with Gasteiger partial charge in [-0.2, -0.15) is 0 Å². The third kappa shape index (κ3) is 3.65. The summed E-state index contributed by atoms with van der Waals surface area (Å²) in [7, 11) is 0. The van der Waals surface area contributed by atoms with E-state index in [-0.39, 0.29) is 17.6 Å². The molecular weight excluding hydrogens is 365 g/mol. The minimum Gasteiger partial charge on any atom is -0.349 e. The van der Waals surface area contributed by atoms with Crippen LogP contribution in [0.4, 0.5) is 13.2 Å². The van der Waals surface area contributed by atoms with Crippen LogP contribution in [0.2, 0.25) is 0 Å². The summed E-state index contributed by atoms with van der Waals surface area (Å²) < 4.78 is 41.4. The van der Waals surface area contributed by atoms with E-state index in [4.69, 9.17) is 0 Å². The SMILES string of the molecule is O=C1CCCC[C@]2(CN(Cc3ccc(F)c(F)c3)C[C@H]2c2ccccc2F)N1. The Hall–Kier alpha value is -2.34. The van der Waals surface area contributed by atoms with E-state index in [0.29, 0.717) is 37.2 Å². The number of hydrogen-bond donors (Lipinski definition) is 1. The Bertz CT molecular complexity index is 888. The van der Waals surface area contributed by atoms with Gasteiger partial charge in [-0.15, -0.1) is 0 Å². The number of hydrogen-bond acceptors (Lipinski definition) is 2. The van der Waals surface area contributed by atoms with E-state index in [1.165, 1.54) is 12.1 Å². The minimum absolute atomic E-state index is 0.00600. The largest absolute Gasteiger partial charge is 0.349 e. The molecule has 2 aromatic rings. The highest BCUT2D eigenvalue weighted by Crippen LogP contribution is 2.42. The molecule has 148 valence electrons. The second-order valence-corrected chi connectivity index (χ2v) is 7.90. The number of halogens is 3. The predicted molar refractivity (Wildman–Crippen MR) is 100 cm³/mol. The fourth-order valence-electron chi connectivity index (χ4n) is 4.69. The van der Waals surface area contributed by atoms with Crippen molar-refractivity contribution in [2.75, 3.05) is 13.1 Å². The summed E-state index contributed by atoms with van der Waals surface area (Å²) in [5.41, 5.74) is 0.703. The maximum atomic E-state index is 14.6. The second-order valence-electron chi connectivity index (χ2n) is 7.90. The molecule has 2 aliphatic rings. The first-order chi connectivity index (χ1) is 13.5. The van der Waals surface area contributed by atoms with E-state index >= 15 is 0 Å². The van der Waals surface area contributed by atoms with Gasteiger partial charge in [-0.3, -0.25) is 9.69 Å². The number of carbonyl (C=O) groups excluding carboxylic acids is 1. The Morgan fingerprint density at radius 1 is 1.04 bits per heavy atom. The first kappa shape index (κ1) is 19.0. The van der Waals surface area contributed by atoms with Crippen LogP contribution < -0.4 is 5.32 Å². The molecular formula is C22H23F3N2O. The van der Waals surface area contributed by atoms with Crippen molar-refractivity contribution in [1.82, 2.24) is 10.2 Å². The number of rotatable bonds is 3. The molecule has 4 rings (SSSR count). The quantitative estimate of drug-likeness (QED) is 0.858. The van der Waals surface area contributed by atoms with Crippen LogP contribution in [-0.4, -0.2) is 29.4 Å². The third-order valence-electron chi connectivity index (χ3n) is 5.95. The maximum Gasteiger partial charge on any atom is 0.220 e. The lowest BCUT2D eigenvalue weighted by Gasteiger charge is -2.35. The molecule has 2 aliphatic heterocycles. The lowest BCUT2D eigenvalue weighted by Crippen LogP contribution is -2.52. The summed E-state index contributed by atoms with van der Waals surface area (Å²) in [6.07, 6.45) is 2.96. The first-order valence-electron chi connectivity index (χ1n) is 9.68. The molecule has 6 heteroatoms. The Labute approximate surface area is 162 Å². The Morgan fingerprint density at radius 2 is 1.86 bits per heavy atom. The number of carbonyl (C=O) groups is 1. The number of amides is 1. The second kappa shape index (κ2) is 7.59. The van der Waals surface area contributed by atoms with Crippen molar-refractivity contribution in [2.45, 2.75) is 43.7 Å². The van der Waals surface area contributed by atoms with E-state index < -0.39 is 17.2 Å². The molecule has 0 aromatic heterocycles. The fourth-order valence-corrected chi connectivity index (χ4v) is 4.69. The van der Waals surface area contributed by atoms with Crippen LogP contribution in [0.25, 0.3) is 0 Å². The molecule has 3 nitrogen and oxygen atoms in total. The van der Waals surface area contributed by atoms with Gasteiger partial charge in [0.25, 0.3) is 0 Å². The van der Waals surface area contributed by atoms with Crippen LogP contribution in [0.5, 0.6) is 0 Å². The zero-order valence-electron chi connectivity index (χ0n) is 15.6. The smallest absolute Gasteiger partial charge is 0.220 e. The molecule has 0 bridgehead atoms. The molecule has 1 spiro atoms. The molecule has 28 heavy (non-hydrogen) atoms. The fraction of sp³-hybridized carbons (Fsp3) is 0.409. The van der Waals surface area contributed by atoms with Gasteiger partial charge in [-0.1, -0.05) is 30.7 Å².